The highest BCUT2D eigenvalue weighted by molar-refractivity contribution is 6.06. The lowest BCUT2D eigenvalue weighted by atomic mass is 9.85. The van der Waals surface area contributed by atoms with Crippen molar-refractivity contribution in [2.75, 3.05) is 13.6 Å². The summed E-state index contributed by atoms with van der Waals surface area (Å²) in [6.45, 7) is 8.30. The average Bonchev–Trinajstić information content (AvgIpc) is 3.51. The molecule has 2 heterocycles. The molecule has 1 saturated heterocycles. The standard InChI is InChI=1S/C26H36N4O4/c1-15(27-5)23(31)29-22(26(2,3)4)25(33)30-13-12-16-10-11-19(21(16)30)28-24(32)18-14-34-20-9-7-6-8-17(18)20/h6-9,14-16,19,21-22,27H,10-13H2,1-5H3,(H,28,32)(H,29,31)/t15-,16+,19?,21-,22+/m0/s1. The second-order valence-electron chi connectivity index (χ2n) is 10.7. The number of rotatable bonds is 6. The molecule has 0 spiro atoms. The SMILES string of the molecule is CN[C@@H](C)C(=O)N[C@H](C(=O)N1CC[C@H]2CCC(NC(=O)c3coc4ccccc34)[C@H]21)C(C)(C)C. The number of likely N-dealkylation sites (tertiary alicyclic amines) is 1. The fourth-order valence-electron chi connectivity index (χ4n) is 5.33. The Hall–Kier alpha value is -2.87. The van der Waals surface area contributed by atoms with Gasteiger partial charge in [-0.25, -0.2) is 0 Å². The number of hydrogen-bond donors (Lipinski definition) is 3. The van der Waals surface area contributed by atoms with Gasteiger partial charge in [0.25, 0.3) is 5.91 Å². The predicted molar refractivity (Wildman–Crippen MR) is 130 cm³/mol. The van der Waals surface area contributed by atoms with Crippen molar-refractivity contribution in [2.45, 2.75) is 71.1 Å². The number of nitrogens with zero attached hydrogens (tertiary/aromatic N) is 1. The number of fused-ring (bicyclic) bond motifs is 2. The Kier molecular flexibility index (Phi) is 6.71. The minimum Gasteiger partial charge on any atom is -0.463 e. The molecule has 3 N–H and O–H groups in total. The number of benzene rings is 1. The van der Waals surface area contributed by atoms with Crippen LogP contribution in [-0.2, 0) is 9.59 Å². The molecule has 2 aromatic rings. The number of carbonyl (C=O) groups is 3. The molecule has 5 atom stereocenters. The van der Waals surface area contributed by atoms with Crippen molar-refractivity contribution in [1.29, 1.82) is 0 Å². The van der Waals surface area contributed by atoms with Crippen LogP contribution in [0.4, 0.5) is 0 Å². The lowest BCUT2D eigenvalue weighted by molar-refractivity contribution is -0.141. The van der Waals surface area contributed by atoms with Crippen molar-refractivity contribution in [3.63, 3.8) is 0 Å². The summed E-state index contributed by atoms with van der Waals surface area (Å²) in [7, 11) is 1.72. The van der Waals surface area contributed by atoms with E-state index in [1.165, 1.54) is 6.26 Å². The van der Waals surface area contributed by atoms with Crippen molar-refractivity contribution in [2.24, 2.45) is 11.3 Å². The second kappa shape index (κ2) is 9.41. The molecule has 8 heteroatoms. The fourth-order valence-corrected chi connectivity index (χ4v) is 5.33. The fraction of sp³-hybridized carbons (Fsp3) is 0.577. The molecule has 1 aliphatic heterocycles. The van der Waals surface area contributed by atoms with E-state index in [0.717, 1.165) is 24.6 Å². The van der Waals surface area contributed by atoms with Crippen LogP contribution in [0.25, 0.3) is 11.0 Å². The molecule has 1 aromatic heterocycles. The number of para-hydroxylation sites is 1. The summed E-state index contributed by atoms with van der Waals surface area (Å²) in [5.41, 5.74) is 0.732. The van der Waals surface area contributed by atoms with Gasteiger partial charge in [0, 0.05) is 18.0 Å². The normalized spacial score (nSPS) is 24.0. The Balaban J connectivity index is 1.52. The third-order valence-electron chi connectivity index (χ3n) is 7.40. The summed E-state index contributed by atoms with van der Waals surface area (Å²) in [6.07, 6.45) is 4.20. The first-order valence-electron chi connectivity index (χ1n) is 12.2. The number of carbonyl (C=O) groups excluding carboxylic acids is 3. The van der Waals surface area contributed by atoms with Gasteiger partial charge in [-0.15, -0.1) is 0 Å². The third kappa shape index (κ3) is 4.56. The van der Waals surface area contributed by atoms with Crippen LogP contribution in [-0.4, -0.2) is 60.4 Å². The van der Waals surface area contributed by atoms with Gasteiger partial charge < -0.3 is 25.3 Å². The van der Waals surface area contributed by atoms with E-state index in [4.69, 9.17) is 4.42 Å². The molecule has 1 unspecified atom stereocenters. The molecule has 4 rings (SSSR count). The minimum absolute atomic E-state index is 0.0712. The Morgan fingerprint density at radius 2 is 1.85 bits per heavy atom. The van der Waals surface area contributed by atoms with Gasteiger partial charge in [-0.3, -0.25) is 14.4 Å². The van der Waals surface area contributed by atoms with Crippen LogP contribution >= 0.6 is 0 Å². The maximum Gasteiger partial charge on any atom is 0.255 e. The number of amides is 3. The van der Waals surface area contributed by atoms with Crippen molar-refractivity contribution in [3.8, 4) is 0 Å². The maximum absolute atomic E-state index is 13.8. The van der Waals surface area contributed by atoms with Gasteiger partial charge >= 0.3 is 0 Å². The summed E-state index contributed by atoms with van der Waals surface area (Å²) in [6, 6.07) is 6.22. The van der Waals surface area contributed by atoms with Crippen LogP contribution in [0.2, 0.25) is 0 Å². The molecule has 3 amide bonds. The van der Waals surface area contributed by atoms with Crippen LogP contribution in [0.15, 0.2) is 34.9 Å². The first-order valence-corrected chi connectivity index (χ1v) is 12.2. The van der Waals surface area contributed by atoms with Crippen molar-refractivity contribution in [1.82, 2.24) is 20.9 Å². The van der Waals surface area contributed by atoms with E-state index >= 15 is 0 Å². The van der Waals surface area contributed by atoms with Gasteiger partial charge in [0.1, 0.15) is 17.9 Å². The van der Waals surface area contributed by atoms with Crippen LogP contribution in [0.5, 0.6) is 0 Å². The van der Waals surface area contributed by atoms with E-state index in [9.17, 15) is 14.4 Å². The third-order valence-corrected chi connectivity index (χ3v) is 7.40. The topological polar surface area (TPSA) is 104 Å². The second-order valence-corrected chi connectivity index (χ2v) is 10.7. The zero-order chi connectivity index (χ0) is 24.6. The Morgan fingerprint density at radius 1 is 1.12 bits per heavy atom. The molecule has 1 aliphatic carbocycles. The van der Waals surface area contributed by atoms with Crippen LogP contribution in [0.1, 0.15) is 57.3 Å². The largest absolute Gasteiger partial charge is 0.463 e. The first kappa shape index (κ1) is 24.3. The number of hydrogen-bond acceptors (Lipinski definition) is 5. The summed E-state index contributed by atoms with van der Waals surface area (Å²) in [5, 5.41) is 9.87. The molecular weight excluding hydrogens is 432 g/mol. The molecule has 2 fully saturated rings. The monoisotopic (exact) mass is 468 g/mol. The first-order chi connectivity index (χ1) is 16.1. The Bertz CT molecular complexity index is 1070. The van der Waals surface area contributed by atoms with E-state index in [1.54, 1.807) is 14.0 Å². The summed E-state index contributed by atoms with van der Waals surface area (Å²) in [5.74, 6) is -0.109. The highest BCUT2D eigenvalue weighted by Crippen LogP contribution is 2.39. The Morgan fingerprint density at radius 3 is 2.56 bits per heavy atom. The molecule has 2 aliphatic rings. The van der Waals surface area contributed by atoms with E-state index in [0.29, 0.717) is 23.6 Å². The van der Waals surface area contributed by atoms with E-state index < -0.39 is 17.5 Å². The summed E-state index contributed by atoms with van der Waals surface area (Å²) >= 11 is 0. The zero-order valence-corrected chi connectivity index (χ0v) is 20.7. The van der Waals surface area contributed by atoms with Crippen molar-refractivity contribution >= 4 is 28.7 Å². The lowest BCUT2D eigenvalue weighted by Crippen LogP contribution is -2.60. The molecule has 34 heavy (non-hydrogen) atoms. The highest BCUT2D eigenvalue weighted by Gasteiger charge is 2.49. The van der Waals surface area contributed by atoms with Crippen molar-refractivity contribution in [3.05, 3.63) is 36.1 Å². The number of furan rings is 1. The van der Waals surface area contributed by atoms with E-state index in [1.807, 2.05) is 49.9 Å². The smallest absolute Gasteiger partial charge is 0.255 e. The summed E-state index contributed by atoms with van der Waals surface area (Å²) in [4.78, 5) is 41.4. The zero-order valence-electron chi connectivity index (χ0n) is 20.7. The van der Waals surface area contributed by atoms with E-state index in [2.05, 4.69) is 16.0 Å². The average molecular weight is 469 g/mol. The molecule has 0 bridgehead atoms. The van der Waals surface area contributed by atoms with Crippen LogP contribution < -0.4 is 16.0 Å². The molecule has 8 nitrogen and oxygen atoms in total. The predicted octanol–water partition coefficient (Wildman–Crippen LogP) is 2.68. The molecule has 1 aromatic carbocycles. The van der Waals surface area contributed by atoms with Gasteiger partial charge in [0.2, 0.25) is 11.8 Å². The minimum atomic E-state index is -0.649. The quantitative estimate of drug-likeness (QED) is 0.605. The van der Waals surface area contributed by atoms with Crippen LogP contribution in [0, 0.1) is 11.3 Å². The van der Waals surface area contributed by atoms with E-state index in [-0.39, 0.29) is 29.8 Å². The number of nitrogens with one attached hydrogen (secondary N) is 3. The highest BCUT2D eigenvalue weighted by atomic mass is 16.3. The van der Waals surface area contributed by atoms with Gasteiger partial charge in [-0.2, -0.15) is 0 Å². The maximum atomic E-state index is 13.8. The molecular formula is C26H36N4O4. The van der Waals surface area contributed by atoms with Crippen molar-refractivity contribution < 1.29 is 18.8 Å². The summed E-state index contributed by atoms with van der Waals surface area (Å²) < 4.78 is 5.54. The molecule has 1 saturated carbocycles. The van der Waals surface area contributed by atoms with Gasteiger partial charge in [-0.05, 0) is 50.6 Å². The molecule has 0 radical (unpaired) electrons. The lowest BCUT2D eigenvalue weighted by Gasteiger charge is -2.37. The van der Waals surface area contributed by atoms with Gasteiger partial charge in [0.05, 0.1) is 17.6 Å². The van der Waals surface area contributed by atoms with Crippen LogP contribution in [0.3, 0.4) is 0 Å². The number of likely N-dealkylation sites (N-methyl/N-ethyl adjacent to an activating group) is 1. The van der Waals surface area contributed by atoms with Gasteiger partial charge in [-0.1, -0.05) is 39.0 Å². The van der Waals surface area contributed by atoms with Gasteiger partial charge in [0.15, 0.2) is 0 Å². The molecule has 184 valence electrons. The Labute approximate surface area is 200 Å².